The molecule has 0 radical (unpaired) electrons. The molecule has 0 bridgehead atoms. The van der Waals surface area contributed by atoms with Gasteiger partial charge < -0.3 is 9.42 Å². The Kier molecular flexibility index (Phi) is 4.62. The fourth-order valence-electron chi connectivity index (χ4n) is 0.454. The second kappa shape index (κ2) is 4.67. The van der Waals surface area contributed by atoms with Gasteiger partial charge in [-0.25, -0.2) is 0 Å². The van der Waals surface area contributed by atoms with E-state index >= 15 is 0 Å². The molecule has 10 heavy (non-hydrogen) atoms. The van der Waals surface area contributed by atoms with Crippen LogP contribution in [0.25, 0.3) is 0 Å². The molecule has 0 saturated carbocycles. The molecule has 0 aliphatic rings. The van der Waals surface area contributed by atoms with Gasteiger partial charge in [0.1, 0.15) is 0 Å². The standard InChI is InChI=1S/C6H13O3P/c1-3-5-9-10(7,8)6-4-2/h4,6H,3,5H2,1-2H3,(H,7,8). The third-order valence-electron chi connectivity index (χ3n) is 0.818. The summed E-state index contributed by atoms with van der Waals surface area (Å²) in [6.07, 6.45) is 2.26. The zero-order chi connectivity index (χ0) is 8.04. The fraction of sp³-hybridized carbons (Fsp3) is 0.667. The van der Waals surface area contributed by atoms with Crippen molar-refractivity contribution in [2.75, 3.05) is 6.61 Å². The lowest BCUT2D eigenvalue weighted by Crippen LogP contribution is -1.87. The smallest absolute Gasteiger partial charge is 0.321 e. The quantitative estimate of drug-likeness (QED) is 0.647. The summed E-state index contributed by atoms with van der Waals surface area (Å²) < 4.78 is 15.5. The van der Waals surface area contributed by atoms with E-state index in [1.165, 1.54) is 11.9 Å². The van der Waals surface area contributed by atoms with E-state index in [4.69, 9.17) is 4.89 Å². The number of hydrogen-bond acceptors (Lipinski definition) is 2. The first kappa shape index (κ1) is 9.89. The van der Waals surface area contributed by atoms with Crippen LogP contribution >= 0.6 is 7.60 Å². The Morgan fingerprint density at radius 1 is 1.70 bits per heavy atom. The van der Waals surface area contributed by atoms with Crippen LogP contribution in [-0.4, -0.2) is 11.5 Å². The Morgan fingerprint density at radius 3 is 2.70 bits per heavy atom. The second-order valence-corrected chi connectivity index (χ2v) is 3.56. The van der Waals surface area contributed by atoms with E-state index in [1.54, 1.807) is 6.92 Å². The molecule has 0 aromatic rings. The van der Waals surface area contributed by atoms with E-state index in [9.17, 15) is 4.57 Å². The Labute approximate surface area is 61.2 Å². The summed E-state index contributed by atoms with van der Waals surface area (Å²) in [6, 6.07) is 0. The molecule has 0 aromatic carbocycles. The molecule has 0 heterocycles. The molecule has 0 saturated heterocycles. The minimum Gasteiger partial charge on any atom is -0.321 e. The molecule has 4 heteroatoms. The Hall–Kier alpha value is -0.110. The van der Waals surface area contributed by atoms with E-state index in [-0.39, 0.29) is 0 Å². The Balaban J connectivity index is 3.76. The second-order valence-electron chi connectivity index (χ2n) is 1.88. The summed E-state index contributed by atoms with van der Waals surface area (Å²) in [5, 5.41) is 0. The molecule has 0 rings (SSSR count). The molecular formula is C6H13O3P. The summed E-state index contributed by atoms with van der Waals surface area (Å²) in [4.78, 5) is 8.89. The Morgan fingerprint density at radius 2 is 2.30 bits per heavy atom. The van der Waals surface area contributed by atoms with Crippen LogP contribution in [0.1, 0.15) is 20.3 Å². The maximum atomic E-state index is 10.8. The summed E-state index contributed by atoms with van der Waals surface area (Å²) in [5.74, 6) is 1.18. The van der Waals surface area contributed by atoms with Crippen LogP contribution in [-0.2, 0) is 9.09 Å². The highest BCUT2D eigenvalue weighted by Crippen LogP contribution is 2.43. The summed E-state index contributed by atoms with van der Waals surface area (Å²) in [6.45, 7) is 3.89. The number of hydrogen-bond donors (Lipinski definition) is 1. The van der Waals surface area contributed by atoms with Crippen molar-refractivity contribution in [3.8, 4) is 0 Å². The lowest BCUT2D eigenvalue weighted by molar-refractivity contribution is 0.268. The maximum absolute atomic E-state index is 10.8. The largest absolute Gasteiger partial charge is 0.351 e. The van der Waals surface area contributed by atoms with Gasteiger partial charge in [-0.1, -0.05) is 13.0 Å². The monoisotopic (exact) mass is 164 g/mol. The molecule has 0 aliphatic carbocycles. The minimum atomic E-state index is -3.39. The van der Waals surface area contributed by atoms with Crippen molar-refractivity contribution in [3.05, 3.63) is 11.9 Å². The lowest BCUT2D eigenvalue weighted by Gasteiger charge is -2.04. The average Bonchev–Trinajstić information content (AvgIpc) is 1.84. The van der Waals surface area contributed by atoms with E-state index in [2.05, 4.69) is 4.52 Å². The zero-order valence-corrected chi connectivity index (χ0v) is 7.17. The third kappa shape index (κ3) is 4.74. The first-order valence-corrected chi connectivity index (χ1v) is 4.88. The van der Waals surface area contributed by atoms with Gasteiger partial charge in [0.05, 0.1) is 6.61 Å². The molecule has 0 spiro atoms. The predicted octanol–water partition coefficient (Wildman–Crippen LogP) is 2.13. The highest BCUT2D eigenvalue weighted by atomic mass is 31.2. The van der Waals surface area contributed by atoms with E-state index in [0.29, 0.717) is 6.61 Å². The van der Waals surface area contributed by atoms with Crippen molar-refractivity contribution in [1.29, 1.82) is 0 Å². The number of allylic oxidation sites excluding steroid dienone is 1. The molecular weight excluding hydrogens is 151 g/mol. The van der Waals surface area contributed by atoms with Gasteiger partial charge in [0.25, 0.3) is 0 Å². The van der Waals surface area contributed by atoms with Gasteiger partial charge in [-0.15, -0.1) is 0 Å². The van der Waals surface area contributed by atoms with Crippen LogP contribution in [0.5, 0.6) is 0 Å². The molecule has 1 atom stereocenters. The zero-order valence-electron chi connectivity index (χ0n) is 6.28. The summed E-state index contributed by atoms with van der Waals surface area (Å²) >= 11 is 0. The molecule has 1 N–H and O–H groups in total. The number of rotatable bonds is 4. The predicted molar refractivity (Wildman–Crippen MR) is 40.9 cm³/mol. The molecule has 1 unspecified atom stereocenters. The normalized spacial score (nSPS) is 17.5. The SMILES string of the molecule is CC=CP(=O)(O)OCCC. The maximum Gasteiger partial charge on any atom is 0.351 e. The van der Waals surface area contributed by atoms with Crippen LogP contribution in [0.4, 0.5) is 0 Å². The lowest BCUT2D eigenvalue weighted by atomic mass is 10.5. The van der Waals surface area contributed by atoms with Crippen molar-refractivity contribution in [2.45, 2.75) is 20.3 Å². The molecule has 0 fully saturated rings. The van der Waals surface area contributed by atoms with Crippen LogP contribution in [0.15, 0.2) is 11.9 Å². The molecule has 0 amide bonds. The minimum absolute atomic E-state index is 0.331. The first-order valence-electron chi connectivity index (χ1n) is 3.23. The Bertz CT molecular complexity index is 153. The molecule has 60 valence electrons. The highest BCUT2D eigenvalue weighted by molar-refractivity contribution is 7.56. The fourth-order valence-corrected chi connectivity index (χ4v) is 1.36. The topological polar surface area (TPSA) is 46.5 Å². The van der Waals surface area contributed by atoms with E-state index < -0.39 is 7.60 Å². The van der Waals surface area contributed by atoms with Crippen LogP contribution in [0.2, 0.25) is 0 Å². The van der Waals surface area contributed by atoms with Crippen molar-refractivity contribution in [1.82, 2.24) is 0 Å². The first-order chi connectivity index (χ1) is 4.62. The van der Waals surface area contributed by atoms with Crippen LogP contribution in [0, 0.1) is 0 Å². The van der Waals surface area contributed by atoms with Crippen LogP contribution in [0.3, 0.4) is 0 Å². The molecule has 0 aromatic heterocycles. The van der Waals surface area contributed by atoms with Gasteiger partial charge in [-0.3, -0.25) is 4.57 Å². The van der Waals surface area contributed by atoms with E-state index in [1.807, 2.05) is 6.92 Å². The van der Waals surface area contributed by atoms with Crippen molar-refractivity contribution in [2.24, 2.45) is 0 Å². The highest BCUT2D eigenvalue weighted by Gasteiger charge is 2.11. The average molecular weight is 164 g/mol. The molecule has 0 aliphatic heterocycles. The van der Waals surface area contributed by atoms with Crippen molar-refractivity contribution < 1.29 is 14.0 Å². The summed E-state index contributed by atoms with van der Waals surface area (Å²) in [5.41, 5.74) is 0. The van der Waals surface area contributed by atoms with Gasteiger partial charge in [-0.05, 0) is 13.3 Å². The van der Waals surface area contributed by atoms with Gasteiger partial charge in [0, 0.05) is 5.82 Å². The van der Waals surface area contributed by atoms with Gasteiger partial charge in [0.2, 0.25) is 0 Å². The van der Waals surface area contributed by atoms with Crippen molar-refractivity contribution in [3.63, 3.8) is 0 Å². The van der Waals surface area contributed by atoms with E-state index in [0.717, 1.165) is 6.42 Å². The van der Waals surface area contributed by atoms with Gasteiger partial charge >= 0.3 is 7.60 Å². The van der Waals surface area contributed by atoms with Gasteiger partial charge in [-0.2, -0.15) is 0 Å². The van der Waals surface area contributed by atoms with Crippen LogP contribution < -0.4 is 0 Å². The molecule has 3 nitrogen and oxygen atoms in total. The van der Waals surface area contributed by atoms with Crippen molar-refractivity contribution >= 4 is 7.60 Å². The van der Waals surface area contributed by atoms with Gasteiger partial charge in [0.15, 0.2) is 0 Å². The summed E-state index contributed by atoms with van der Waals surface area (Å²) in [7, 11) is -3.39. The third-order valence-corrected chi connectivity index (χ3v) is 2.05.